The van der Waals surface area contributed by atoms with Gasteiger partial charge >= 0.3 is 5.97 Å². The molecule has 1 aromatic heterocycles. The Balaban J connectivity index is 1.28. The van der Waals surface area contributed by atoms with Crippen LogP contribution in [0.4, 0.5) is 11.6 Å². The van der Waals surface area contributed by atoms with E-state index < -0.39 is 5.97 Å². The monoisotopic (exact) mass is 503 g/mol. The number of carbonyl (C=O) groups is 1. The topological polar surface area (TPSA) is 82.0 Å². The van der Waals surface area contributed by atoms with Crippen molar-refractivity contribution >= 4 is 17.6 Å². The van der Waals surface area contributed by atoms with E-state index in [4.69, 9.17) is 9.72 Å². The molecular formula is C29H37N5O3. The van der Waals surface area contributed by atoms with Gasteiger partial charge in [-0.15, -0.1) is 0 Å². The molecule has 3 aromatic rings. The zero-order valence-electron chi connectivity index (χ0n) is 22.1. The molecule has 8 nitrogen and oxygen atoms in total. The number of aromatic nitrogens is 2. The number of ether oxygens (including phenoxy) is 1. The molecule has 2 heterocycles. The van der Waals surface area contributed by atoms with Crippen LogP contribution in [-0.4, -0.2) is 78.9 Å². The number of carboxylic acids is 1. The highest BCUT2D eigenvalue weighted by Crippen LogP contribution is 2.19. The van der Waals surface area contributed by atoms with Crippen molar-refractivity contribution in [3.63, 3.8) is 0 Å². The Morgan fingerprint density at radius 3 is 2.51 bits per heavy atom. The van der Waals surface area contributed by atoms with Crippen molar-refractivity contribution in [3.05, 3.63) is 77.1 Å². The van der Waals surface area contributed by atoms with Crippen LogP contribution in [0.1, 0.15) is 33.6 Å². The van der Waals surface area contributed by atoms with Crippen LogP contribution in [0.5, 0.6) is 5.75 Å². The van der Waals surface area contributed by atoms with Gasteiger partial charge in [-0.2, -0.15) is 0 Å². The minimum absolute atomic E-state index is 0.188. The standard InChI is InChI=1S/C29H37N5O3/c1-22-11-12-25(20-23(22)2)37-19-18-33-14-16-34(17-15-33)29-30-21-26(28(35)36)27(31-29)10-7-13-32(3)24-8-5-4-6-9-24/h4-6,8-9,11-12,20-21H,7,10,13-19H2,1-3H3,(H,35,36). The Hall–Kier alpha value is -3.65. The highest BCUT2D eigenvalue weighted by atomic mass is 16.5. The molecule has 1 fully saturated rings. The second-order valence-electron chi connectivity index (χ2n) is 9.62. The van der Waals surface area contributed by atoms with Crippen molar-refractivity contribution in [3.8, 4) is 5.75 Å². The first-order valence-electron chi connectivity index (χ1n) is 12.9. The predicted octanol–water partition coefficient (Wildman–Crippen LogP) is 4.06. The molecule has 0 radical (unpaired) electrons. The minimum atomic E-state index is -0.980. The maximum Gasteiger partial charge on any atom is 0.339 e. The molecule has 0 spiro atoms. The molecule has 0 saturated carbocycles. The minimum Gasteiger partial charge on any atom is -0.492 e. The SMILES string of the molecule is Cc1ccc(OCCN2CCN(c3ncc(C(=O)O)c(CCCN(C)c4ccccc4)n3)CC2)cc1C. The van der Waals surface area contributed by atoms with Crippen LogP contribution in [0.15, 0.2) is 54.7 Å². The summed E-state index contributed by atoms with van der Waals surface area (Å²) in [4.78, 5) is 27.6. The van der Waals surface area contributed by atoms with Crippen LogP contribution in [0.2, 0.25) is 0 Å². The average Bonchev–Trinajstić information content (AvgIpc) is 2.91. The summed E-state index contributed by atoms with van der Waals surface area (Å²) in [5.41, 5.74) is 4.44. The van der Waals surface area contributed by atoms with Crippen molar-refractivity contribution in [2.24, 2.45) is 0 Å². The molecule has 0 aliphatic carbocycles. The summed E-state index contributed by atoms with van der Waals surface area (Å²) < 4.78 is 5.95. The zero-order chi connectivity index (χ0) is 26.2. The summed E-state index contributed by atoms with van der Waals surface area (Å²) in [6.45, 7) is 9.89. The van der Waals surface area contributed by atoms with Gasteiger partial charge in [-0.1, -0.05) is 24.3 Å². The highest BCUT2D eigenvalue weighted by molar-refractivity contribution is 5.88. The molecule has 196 valence electrons. The number of benzene rings is 2. The van der Waals surface area contributed by atoms with Crippen LogP contribution in [0.25, 0.3) is 0 Å². The fraction of sp³-hybridized carbons (Fsp3) is 0.414. The van der Waals surface area contributed by atoms with Crippen LogP contribution in [0, 0.1) is 13.8 Å². The van der Waals surface area contributed by atoms with E-state index in [1.54, 1.807) is 0 Å². The molecule has 1 aliphatic rings. The lowest BCUT2D eigenvalue weighted by Gasteiger charge is -2.34. The Bertz CT molecular complexity index is 1180. The second-order valence-corrected chi connectivity index (χ2v) is 9.62. The van der Waals surface area contributed by atoms with E-state index in [0.717, 1.165) is 57.1 Å². The number of rotatable bonds is 11. The van der Waals surface area contributed by atoms with E-state index in [2.05, 4.69) is 57.8 Å². The molecule has 2 aromatic carbocycles. The number of aryl methyl sites for hydroxylation is 3. The first-order chi connectivity index (χ1) is 17.9. The molecule has 0 amide bonds. The summed E-state index contributed by atoms with van der Waals surface area (Å²) in [5, 5.41) is 9.66. The molecule has 0 atom stereocenters. The number of nitrogens with zero attached hydrogens (tertiary/aromatic N) is 5. The van der Waals surface area contributed by atoms with Gasteiger partial charge in [-0.05, 0) is 62.1 Å². The maximum absolute atomic E-state index is 11.8. The smallest absolute Gasteiger partial charge is 0.339 e. The van der Waals surface area contributed by atoms with Crippen molar-refractivity contribution in [1.82, 2.24) is 14.9 Å². The van der Waals surface area contributed by atoms with E-state index in [0.29, 0.717) is 24.7 Å². The molecule has 37 heavy (non-hydrogen) atoms. The highest BCUT2D eigenvalue weighted by Gasteiger charge is 2.21. The van der Waals surface area contributed by atoms with E-state index in [1.807, 2.05) is 31.3 Å². The summed E-state index contributed by atoms with van der Waals surface area (Å²) >= 11 is 0. The van der Waals surface area contributed by atoms with Gasteiger partial charge in [0.25, 0.3) is 0 Å². The van der Waals surface area contributed by atoms with Crippen LogP contribution >= 0.6 is 0 Å². The third-order valence-corrected chi connectivity index (χ3v) is 7.00. The van der Waals surface area contributed by atoms with Gasteiger partial charge in [0.2, 0.25) is 5.95 Å². The number of aromatic carboxylic acids is 1. The Kier molecular flexibility index (Phi) is 8.95. The molecule has 0 unspecified atom stereocenters. The lowest BCUT2D eigenvalue weighted by atomic mass is 10.1. The number of piperazine rings is 1. The van der Waals surface area contributed by atoms with Gasteiger partial charge in [0.15, 0.2) is 0 Å². The zero-order valence-corrected chi connectivity index (χ0v) is 22.1. The van der Waals surface area contributed by atoms with Gasteiger partial charge in [0.05, 0.1) is 11.3 Å². The second kappa shape index (κ2) is 12.5. The fourth-order valence-corrected chi connectivity index (χ4v) is 4.49. The number of anilines is 2. The van der Waals surface area contributed by atoms with Gasteiger partial charge in [0, 0.05) is 58.2 Å². The Morgan fingerprint density at radius 2 is 1.81 bits per heavy atom. The van der Waals surface area contributed by atoms with Gasteiger partial charge in [-0.3, -0.25) is 4.90 Å². The number of carboxylic acid groups (broad SMARTS) is 1. The number of para-hydroxylation sites is 1. The molecule has 4 rings (SSSR count). The first kappa shape index (κ1) is 26.4. The molecule has 0 bridgehead atoms. The third-order valence-electron chi connectivity index (χ3n) is 7.00. The number of hydrogen-bond donors (Lipinski definition) is 1. The van der Waals surface area contributed by atoms with E-state index in [9.17, 15) is 9.90 Å². The van der Waals surface area contributed by atoms with Gasteiger partial charge < -0.3 is 19.6 Å². The number of hydrogen-bond acceptors (Lipinski definition) is 7. The Morgan fingerprint density at radius 1 is 1.05 bits per heavy atom. The lowest BCUT2D eigenvalue weighted by Crippen LogP contribution is -2.48. The van der Waals surface area contributed by atoms with Crippen molar-refractivity contribution in [1.29, 1.82) is 0 Å². The third kappa shape index (κ3) is 7.20. The van der Waals surface area contributed by atoms with Crippen molar-refractivity contribution < 1.29 is 14.6 Å². The van der Waals surface area contributed by atoms with Crippen molar-refractivity contribution in [2.45, 2.75) is 26.7 Å². The van der Waals surface area contributed by atoms with Crippen LogP contribution in [-0.2, 0) is 6.42 Å². The van der Waals surface area contributed by atoms with E-state index in [-0.39, 0.29) is 5.56 Å². The summed E-state index contributed by atoms with van der Waals surface area (Å²) in [5.74, 6) is 0.546. The summed E-state index contributed by atoms with van der Waals surface area (Å²) in [7, 11) is 2.05. The maximum atomic E-state index is 11.8. The largest absolute Gasteiger partial charge is 0.492 e. The van der Waals surface area contributed by atoms with Crippen molar-refractivity contribution in [2.75, 3.05) is 62.7 Å². The van der Waals surface area contributed by atoms with Crippen LogP contribution < -0.4 is 14.5 Å². The summed E-state index contributed by atoms with van der Waals surface area (Å²) in [6.07, 6.45) is 2.85. The van der Waals surface area contributed by atoms with Crippen LogP contribution in [0.3, 0.4) is 0 Å². The molecule has 1 N–H and O–H groups in total. The quantitative estimate of drug-likeness (QED) is 0.420. The average molecular weight is 504 g/mol. The predicted molar refractivity (Wildman–Crippen MR) is 147 cm³/mol. The molecule has 8 heteroatoms. The summed E-state index contributed by atoms with van der Waals surface area (Å²) in [6, 6.07) is 16.4. The molecular weight excluding hydrogens is 466 g/mol. The van der Waals surface area contributed by atoms with Gasteiger partial charge in [0.1, 0.15) is 12.4 Å². The normalized spacial score (nSPS) is 14.0. The molecule has 1 saturated heterocycles. The van der Waals surface area contributed by atoms with E-state index >= 15 is 0 Å². The van der Waals surface area contributed by atoms with Gasteiger partial charge in [-0.25, -0.2) is 14.8 Å². The Labute approximate surface area is 219 Å². The lowest BCUT2D eigenvalue weighted by molar-refractivity contribution is 0.0694. The fourth-order valence-electron chi connectivity index (χ4n) is 4.49. The first-order valence-corrected chi connectivity index (χ1v) is 12.9. The van der Waals surface area contributed by atoms with E-state index in [1.165, 1.54) is 17.3 Å². The molecule has 1 aliphatic heterocycles.